The smallest absolute Gasteiger partial charge is 0.306 e. The Balaban J connectivity index is 3.24. The molecule has 0 aromatic carbocycles. The SMILES string of the molecule is CCCCCCC/C=C\COC(=O)CCCCCC. The molecule has 0 bridgehead atoms. The molecule has 0 atom stereocenters. The Kier molecular flexibility index (Phi) is 14.6. The van der Waals surface area contributed by atoms with E-state index < -0.39 is 0 Å². The van der Waals surface area contributed by atoms with Crippen LogP contribution >= 0.6 is 0 Å². The third-order valence-corrected chi connectivity index (χ3v) is 3.22. The molecule has 112 valence electrons. The molecule has 2 nitrogen and oxygen atoms in total. The van der Waals surface area contributed by atoms with Crippen LogP contribution in [0, 0.1) is 0 Å². The lowest BCUT2D eigenvalue weighted by atomic mass is 10.1. The normalized spacial score (nSPS) is 11.1. The van der Waals surface area contributed by atoms with Gasteiger partial charge in [-0.05, 0) is 19.3 Å². The number of rotatable bonds is 13. The van der Waals surface area contributed by atoms with Crippen LogP contribution in [0.15, 0.2) is 12.2 Å². The molecule has 0 aromatic heterocycles. The molecule has 0 unspecified atom stereocenters. The number of carbonyl (C=O) groups is 1. The van der Waals surface area contributed by atoms with Gasteiger partial charge in [0.2, 0.25) is 0 Å². The molecule has 0 aliphatic rings. The number of ether oxygens (including phenoxy) is 1. The van der Waals surface area contributed by atoms with Crippen LogP contribution in [0.5, 0.6) is 0 Å². The Morgan fingerprint density at radius 2 is 1.47 bits per heavy atom. The van der Waals surface area contributed by atoms with Crippen LogP contribution < -0.4 is 0 Å². The summed E-state index contributed by atoms with van der Waals surface area (Å²) in [5.74, 6) is -0.0521. The molecule has 0 amide bonds. The summed E-state index contributed by atoms with van der Waals surface area (Å²) in [7, 11) is 0. The Morgan fingerprint density at radius 3 is 2.16 bits per heavy atom. The second-order valence-corrected chi connectivity index (χ2v) is 5.17. The minimum atomic E-state index is -0.0521. The zero-order chi connectivity index (χ0) is 14.2. The molecule has 0 saturated carbocycles. The lowest BCUT2D eigenvalue weighted by Crippen LogP contribution is -2.03. The van der Waals surface area contributed by atoms with Crippen LogP contribution in [0.25, 0.3) is 0 Å². The fraction of sp³-hybridized carbons (Fsp3) is 0.824. The fourth-order valence-electron chi connectivity index (χ4n) is 1.96. The van der Waals surface area contributed by atoms with Crippen molar-refractivity contribution in [2.75, 3.05) is 6.61 Å². The monoisotopic (exact) mass is 268 g/mol. The predicted octanol–water partition coefficient (Wildman–Crippen LogP) is 5.42. The number of carbonyl (C=O) groups excluding carboxylic acids is 1. The van der Waals surface area contributed by atoms with Crippen LogP contribution in [-0.4, -0.2) is 12.6 Å². The van der Waals surface area contributed by atoms with Crippen LogP contribution in [0.3, 0.4) is 0 Å². The molecule has 2 heteroatoms. The van der Waals surface area contributed by atoms with Crippen LogP contribution in [0.1, 0.15) is 84.5 Å². The summed E-state index contributed by atoms with van der Waals surface area (Å²) in [6.07, 6.45) is 16.9. The Hall–Kier alpha value is -0.790. The molecule has 0 saturated heterocycles. The number of allylic oxidation sites excluding steroid dienone is 1. The summed E-state index contributed by atoms with van der Waals surface area (Å²) in [4.78, 5) is 11.4. The van der Waals surface area contributed by atoms with Gasteiger partial charge in [0.25, 0.3) is 0 Å². The molecular formula is C17H32O2. The molecule has 0 aliphatic carbocycles. The van der Waals surface area contributed by atoms with Gasteiger partial charge in [0.15, 0.2) is 0 Å². The quantitative estimate of drug-likeness (QED) is 0.253. The lowest BCUT2D eigenvalue weighted by Gasteiger charge is -2.01. The van der Waals surface area contributed by atoms with Gasteiger partial charge in [0.1, 0.15) is 6.61 Å². The number of hydrogen-bond acceptors (Lipinski definition) is 2. The first-order valence-corrected chi connectivity index (χ1v) is 8.11. The first kappa shape index (κ1) is 18.2. The summed E-state index contributed by atoms with van der Waals surface area (Å²) in [5.41, 5.74) is 0. The van der Waals surface area contributed by atoms with Crippen molar-refractivity contribution in [1.29, 1.82) is 0 Å². The van der Waals surface area contributed by atoms with Crippen molar-refractivity contribution in [1.82, 2.24) is 0 Å². The average Bonchev–Trinajstić information content (AvgIpc) is 2.42. The van der Waals surface area contributed by atoms with E-state index in [9.17, 15) is 4.79 Å². The van der Waals surface area contributed by atoms with Gasteiger partial charge in [0.05, 0.1) is 0 Å². The van der Waals surface area contributed by atoms with E-state index in [1.54, 1.807) is 0 Å². The Bertz CT molecular complexity index is 221. The fourth-order valence-corrected chi connectivity index (χ4v) is 1.96. The zero-order valence-corrected chi connectivity index (χ0v) is 13.0. The number of esters is 1. The van der Waals surface area contributed by atoms with Gasteiger partial charge in [-0.1, -0.05) is 70.9 Å². The zero-order valence-electron chi connectivity index (χ0n) is 13.0. The van der Waals surface area contributed by atoms with Crippen molar-refractivity contribution >= 4 is 5.97 Å². The van der Waals surface area contributed by atoms with Crippen molar-refractivity contribution in [2.45, 2.75) is 84.5 Å². The van der Waals surface area contributed by atoms with E-state index in [2.05, 4.69) is 19.9 Å². The predicted molar refractivity (Wildman–Crippen MR) is 82.2 cm³/mol. The standard InChI is InChI=1S/C17H32O2/c1-3-5-7-9-10-11-12-14-16-19-17(18)15-13-8-6-4-2/h12,14H,3-11,13,15-16H2,1-2H3/b14-12-. The summed E-state index contributed by atoms with van der Waals surface area (Å²) >= 11 is 0. The van der Waals surface area contributed by atoms with Gasteiger partial charge in [-0.25, -0.2) is 0 Å². The van der Waals surface area contributed by atoms with E-state index >= 15 is 0 Å². The van der Waals surface area contributed by atoms with Gasteiger partial charge < -0.3 is 4.74 Å². The number of hydrogen-bond donors (Lipinski definition) is 0. The molecule has 19 heavy (non-hydrogen) atoms. The molecule has 0 aromatic rings. The maximum atomic E-state index is 11.4. The summed E-state index contributed by atoms with van der Waals surface area (Å²) in [6, 6.07) is 0. The molecule has 0 aliphatic heterocycles. The van der Waals surface area contributed by atoms with Crippen molar-refractivity contribution < 1.29 is 9.53 Å². The van der Waals surface area contributed by atoms with Crippen LogP contribution in [0.2, 0.25) is 0 Å². The first-order valence-electron chi connectivity index (χ1n) is 8.11. The number of unbranched alkanes of at least 4 members (excludes halogenated alkanes) is 8. The highest BCUT2D eigenvalue weighted by Crippen LogP contribution is 2.06. The van der Waals surface area contributed by atoms with E-state index in [0.717, 1.165) is 19.3 Å². The molecule has 0 fully saturated rings. The third kappa shape index (κ3) is 15.2. The van der Waals surface area contributed by atoms with Gasteiger partial charge in [-0.3, -0.25) is 4.79 Å². The molecule has 0 rings (SSSR count). The highest BCUT2D eigenvalue weighted by Gasteiger charge is 2.00. The highest BCUT2D eigenvalue weighted by atomic mass is 16.5. The maximum Gasteiger partial charge on any atom is 0.306 e. The summed E-state index contributed by atoms with van der Waals surface area (Å²) in [6.45, 7) is 4.85. The minimum absolute atomic E-state index is 0.0521. The Morgan fingerprint density at radius 1 is 0.842 bits per heavy atom. The highest BCUT2D eigenvalue weighted by molar-refractivity contribution is 5.69. The van der Waals surface area contributed by atoms with E-state index in [1.807, 2.05) is 6.08 Å². The topological polar surface area (TPSA) is 26.3 Å². The second-order valence-electron chi connectivity index (χ2n) is 5.17. The largest absolute Gasteiger partial charge is 0.461 e. The molecule has 0 N–H and O–H groups in total. The minimum Gasteiger partial charge on any atom is -0.461 e. The average molecular weight is 268 g/mol. The van der Waals surface area contributed by atoms with E-state index in [1.165, 1.54) is 44.9 Å². The molecule has 0 heterocycles. The molecule has 0 radical (unpaired) electrons. The van der Waals surface area contributed by atoms with Crippen LogP contribution in [0.4, 0.5) is 0 Å². The van der Waals surface area contributed by atoms with E-state index in [-0.39, 0.29) is 5.97 Å². The lowest BCUT2D eigenvalue weighted by molar-refractivity contribution is -0.142. The van der Waals surface area contributed by atoms with Crippen molar-refractivity contribution in [3.05, 3.63) is 12.2 Å². The van der Waals surface area contributed by atoms with Gasteiger partial charge in [0, 0.05) is 6.42 Å². The van der Waals surface area contributed by atoms with E-state index in [4.69, 9.17) is 4.74 Å². The first-order chi connectivity index (χ1) is 9.31. The van der Waals surface area contributed by atoms with E-state index in [0.29, 0.717) is 13.0 Å². The van der Waals surface area contributed by atoms with Crippen molar-refractivity contribution in [3.63, 3.8) is 0 Å². The Labute approximate surface area is 119 Å². The summed E-state index contributed by atoms with van der Waals surface area (Å²) in [5, 5.41) is 0. The molecule has 0 spiro atoms. The molecular weight excluding hydrogens is 236 g/mol. The van der Waals surface area contributed by atoms with Crippen LogP contribution in [-0.2, 0) is 9.53 Å². The summed E-state index contributed by atoms with van der Waals surface area (Å²) < 4.78 is 5.14. The second kappa shape index (κ2) is 15.3. The van der Waals surface area contributed by atoms with Gasteiger partial charge >= 0.3 is 5.97 Å². The van der Waals surface area contributed by atoms with Crippen molar-refractivity contribution in [2.24, 2.45) is 0 Å². The maximum absolute atomic E-state index is 11.4. The third-order valence-electron chi connectivity index (χ3n) is 3.22. The van der Waals surface area contributed by atoms with Gasteiger partial charge in [-0.15, -0.1) is 0 Å². The van der Waals surface area contributed by atoms with Crippen molar-refractivity contribution in [3.8, 4) is 0 Å². The van der Waals surface area contributed by atoms with Gasteiger partial charge in [-0.2, -0.15) is 0 Å².